The van der Waals surface area contributed by atoms with E-state index in [0.29, 0.717) is 18.2 Å². The van der Waals surface area contributed by atoms with Crippen molar-refractivity contribution < 1.29 is 4.74 Å². The van der Waals surface area contributed by atoms with Crippen LogP contribution in [0.15, 0.2) is 24.3 Å². The highest BCUT2D eigenvalue weighted by atomic mass is 16.5. The van der Waals surface area contributed by atoms with Crippen LogP contribution in [-0.2, 0) is 0 Å². The van der Waals surface area contributed by atoms with Crippen LogP contribution in [0.5, 0.6) is 5.75 Å². The summed E-state index contributed by atoms with van der Waals surface area (Å²) in [6.45, 7) is 3.93. The van der Waals surface area contributed by atoms with E-state index in [-0.39, 0.29) is 0 Å². The zero-order chi connectivity index (χ0) is 14.4. The molecule has 1 atom stereocenters. The molecule has 1 heterocycles. The summed E-state index contributed by atoms with van der Waals surface area (Å²) in [4.78, 5) is 4.77. The summed E-state index contributed by atoms with van der Waals surface area (Å²) in [5, 5.41) is 8.73. The van der Waals surface area contributed by atoms with Crippen LogP contribution in [0.25, 0.3) is 0 Å². The molecule has 0 aliphatic carbocycles. The molecule has 1 aliphatic heterocycles. The Morgan fingerprint density at radius 3 is 2.75 bits per heavy atom. The van der Waals surface area contributed by atoms with Gasteiger partial charge in [0.1, 0.15) is 12.4 Å². The van der Waals surface area contributed by atoms with Gasteiger partial charge in [-0.15, -0.1) is 0 Å². The maximum atomic E-state index is 8.73. The number of likely N-dealkylation sites (tertiary alicyclic amines) is 1. The Balaban J connectivity index is 1.68. The Hall–Kier alpha value is -1.57. The first-order valence-corrected chi connectivity index (χ1v) is 7.21. The normalized spacial score (nSPS) is 19.2. The molecule has 1 aromatic carbocycles. The summed E-state index contributed by atoms with van der Waals surface area (Å²) < 4.78 is 5.70. The molecular formula is C16H23N3O. The van der Waals surface area contributed by atoms with Crippen molar-refractivity contribution in [1.82, 2.24) is 9.80 Å². The summed E-state index contributed by atoms with van der Waals surface area (Å²) >= 11 is 0. The molecule has 108 valence electrons. The molecule has 1 aliphatic rings. The fourth-order valence-corrected chi connectivity index (χ4v) is 2.61. The van der Waals surface area contributed by atoms with Gasteiger partial charge in [0.25, 0.3) is 0 Å². The Morgan fingerprint density at radius 2 is 2.15 bits per heavy atom. The number of hydrogen-bond acceptors (Lipinski definition) is 4. The van der Waals surface area contributed by atoms with Crippen molar-refractivity contribution in [3.63, 3.8) is 0 Å². The van der Waals surface area contributed by atoms with Crippen molar-refractivity contribution >= 4 is 0 Å². The van der Waals surface area contributed by atoms with Crippen LogP contribution in [0.3, 0.4) is 0 Å². The van der Waals surface area contributed by atoms with Gasteiger partial charge in [0.2, 0.25) is 0 Å². The average molecular weight is 273 g/mol. The quantitative estimate of drug-likeness (QED) is 0.794. The van der Waals surface area contributed by atoms with E-state index in [4.69, 9.17) is 10.00 Å². The van der Waals surface area contributed by atoms with Gasteiger partial charge in [-0.3, -0.25) is 0 Å². The third kappa shape index (κ3) is 4.22. The molecule has 0 aromatic heterocycles. The maximum Gasteiger partial charge on any atom is 0.119 e. The highest BCUT2D eigenvalue weighted by molar-refractivity contribution is 5.34. The standard InChI is InChI=1S/C16H23N3O/c1-18(13-15-4-3-9-19(15)2)10-11-20-16-7-5-14(12-17)6-8-16/h5-8,15H,3-4,9-11,13H2,1-2H3. The molecule has 0 bridgehead atoms. The predicted molar refractivity (Wildman–Crippen MR) is 79.8 cm³/mol. The molecule has 1 fully saturated rings. The van der Waals surface area contributed by atoms with Crippen LogP contribution < -0.4 is 4.74 Å². The van der Waals surface area contributed by atoms with E-state index in [1.54, 1.807) is 12.1 Å². The van der Waals surface area contributed by atoms with E-state index >= 15 is 0 Å². The number of nitrogens with zero attached hydrogens (tertiary/aromatic N) is 3. The number of benzene rings is 1. The van der Waals surface area contributed by atoms with Crippen molar-refractivity contribution in [2.45, 2.75) is 18.9 Å². The first-order chi connectivity index (χ1) is 9.69. The molecule has 1 saturated heterocycles. The second-order valence-corrected chi connectivity index (χ2v) is 5.52. The van der Waals surface area contributed by atoms with Crippen molar-refractivity contribution in [2.75, 3.05) is 40.3 Å². The van der Waals surface area contributed by atoms with Gasteiger partial charge in [-0.05, 0) is 57.7 Å². The van der Waals surface area contributed by atoms with Gasteiger partial charge in [0.15, 0.2) is 0 Å². The van der Waals surface area contributed by atoms with Gasteiger partial charge in [-0.2, -0.15) is 5.26 Å². The smallest absolute Gasteiger partial charge is 0.119 e. The number of nitriles is 1. The van der Waals surface area contributed by atoms with E-state index in [0.717, 1.165) is 18.8 Å². The first-order valence-electron chi connectivity index (χ1n) is 7.21. The molecule has 4 nitrogen and oxygen atoms in total. The summed E-state index contributed by atoms with van der Waals surface area (Å²) in [7, 11) is 4.35. The average Bonchev–Trinajstić information content (AvgIpc) is 2.85. The van der Waals surface area contributed by atoms with Gasteiger partial charge in [-0.25, -0.2) is 0 Å². The van der Waals surface area contributed by atoms with E-state index in [9.17, 15) is 0 Å². The third-order valence-electron chi connectivity index (χ3n) is 3.92. The van der Waals surface area contributed by atoms with Gasteiger partial charge in [0, 0.05) is 19.1 Å². The number of likely N-dealkylation sites (N-methyl/N-ethyl adjacent to an activating group) is 2. The molecule has 0 N–H and O–H groups in total. The fraction of sp³-hybridized carbons (Fsp3) is 0.562. The second kappa shape index (κ2) is 7.28. The summed E-state index contributed by atoms with van der Waals surface area (Å²) in [5.41, 5.74) is 0.665. The SMILES string of the molecule is CN(CCOc1ccc(C#N)cc1)CC1CCCN1C. The van der Waals surface area contributed by atoms with Crippen LogP contribution in [0.1, 0.15) is 18.4 Å². The molecule has 0 saturated carbocycles. The molecule has 1 unspecified atom stereocenters. The summed E-state index contributed by atoms with van der Waals surface area (Å²) in [5.74, 6) is 0.829. The Labute approximate surface area is 121 Å². The van der Waals surface area contributed by atoms with Gasteiger partial charge >= 0.3 is 0 Å². The van der Waals surface area contributed by atoms with Gasteiger partial charge in [-0.1, -0.05) is 0 Å². The van der Waals surface area contributed by atoms with Gasteiger partial charge < -0.3 is 14.5 Å². The lowest BCUT2D eigenvalue weighted by Crippen LogP contribution is -2.38. The monoisotopic (exact) mass is 273 g/mol. The van der Waals surface area contributed by atoms with Crippen LogP contribution in [0.4, 0.5) is 0 Å². The molecule has 0 amide bonds. The minimum absolute atomic E-state index is 0.665. The fourth-order valence-electron chi connectivity index (χ4n) is 2.61. The lowest BCUT2D eigenvalue weighted by atomic mass is 10.2. The minimum Gasteiger partial charge on any atom is -0.492 e. The molecule has 0 spiro atoms. The van der Waals surface area contributed by atoms with E-state index in [2.05, 4.69) is 30.0 Å². The second-order valence-electron chi connectivity index (χ2n) is 5.52. The Kier molecular flexibility index (Phi) is 5.40. The van der Waals surface area contributed by atoms with E-state index in [1.807, 2.05) is 12.1 Å². The van der Waals surface area contributed by atoms with Crippen LogP contribution in [0, 0.1) is 11.3 Å². The molecule has 0 radical (unpaired) electrons. The molecule has 4 heteroatoms. The number of hydrogen-bond donors (Lipinski definition) is 0. The summed E-state index contributed by atoms with van der Waals surface area (Å²) in [6.07, 6.45) is 2.62. The highest BCUT2D eigenvalue weighted by Crippen LogP contribution is 2.15. The summed E-state index contributed by atoms with van der Waals surface area (Å²) in [6, 6.07) is 10.1. The van der Waals surface area contributed by atoms with Crippen molar-refractivity contribution in [1.29, 1.82) is 5.26 Å². The largest absolute Gasteiger partial charge is 0.492 e. The van der Waals surface area contributed by atoms with Crippen LogP contribution >= 0.6 is 0 Å². The number of ether oxygens (including phenoxy) is 1. The Bertz CT molecular complexity index is 452. The van der Waals surface area contributed by atoms with Crippen molar-refractivity contribution in [3.05, 3.63) is 29.8 Å². The zero-order valence-electron chi connectivity index (χ0n) is 12.4. The lowest BCUT2D eigenvalue weighted by molar-refractivity contribution is 0.190. The molecule has 20 heavy (non-hydrogen) atoms. The van der Waals surface area contributed by atoms with Crippen LogP contribution in [-0.4, -0.2) is 56.2 Å². The Morgan fingerprint density at radius 1 is 1.40 bits per heavy atom. The predicted octanol–water partition coefficient (Wildman–Crippen LogP) is 1.96. The van der Waals surface area contributed by atoms with E-state index in [1.165, 1.54) is 19.4 Å². The van der Waals surface area contributed by atoms with Crippen LogP contribution in [0.2, 0.25) is 0 Å². The molecular weight excluding hydrogens is 250 g/mol. The minimum atomic E-state index is 0.665. The molecule has 2 rings (SSSR count). The van der Waals surface area contributed by atoms with Crippen molar-refractivity contribution in [3.8, 4) is 11.8 Å². The number of rotatable bonds is 6. The highest BCUT2D eigenvalue weighted by Gasteiger charge is 2.21. The van der Waals surface area contributed by atoms with E-state index < -0.39 is 0 Å². The van der Waals surface area contributed by atoms with Gasteiger partial charge in [0.05, 0.1) is 11.6 Å². The zero-order valence-corrected chi connectivity index (χ0v) is 12.4. The molecule has 1 aromatic rings. The lowest BCUT2D eigenvalue weighted by Gasteiger charge is -2.25. The first kappa shape index (κ1) is 14.8. The topological polar surface area (TPSA) is 39.5 Å². The third-order valence-corrected chi connectivity index (χ3v) is 3.92. The maximum absolute atomic E-state index is 8.73. The van der Waals surface area contributed by atoms with Crippen molar-refractivity contribution in [2.24, 2.45) is 0 Å².